The van der Waals surface area contributed by atoms with Crippen molar-refractivity contribution < 1.29 is 0 Å². The van der Waals surface area contributed by atoms with Gasteiger partial charge in [0.05, 0.1) is 11.4 Å². The van der Waals surface area contributed by atoms with Crippen LogP contribution in [0.15, 0.2) is 35.0 Å². The average molecular weight is 323 g/mol. The topological polar surface area (TPSA) is 29.9 Å². The molecule has 0 fully saturated rings. The van der Waals surface area contributed by atoms with Gasteiger partial charge in [0.2, 0.25) is 0 Å². The summed E-state index contributed by atoms with van der Waals surface area (Å²) in [5, 5.41) is 13.0. The molecular formula is C19H21N3S. The van der Waals surface area contributed by atoms with Gasteiger partial charge in [-0.3, -0.25) is 0 Å². The molecule has 3 nitrogen and oxygen atoms in total. The highest BCUT2D eigenvalue weighted by Gasteiger charge is 2.22. The molecule has 0 atom stereocenters. The number of anilines is 1. The Morgan fingerprint density at radius 3 is 2.91 bits per heavy atom. The lowest BCUT2D eigenvalue weighted by molar-refractivity contribution is 0.779. The third kappa shape index (κ3) is 2.57. The fourth-order valence-electron chi connectivity index (χ4n) is 3.26. The molecule has 3 aromatic rings. The maximum absolute atomic E-state index is 5.01. The van der Waals surface area contributed by atoms with Crippen LogP contribution >= 0.6 is 11.3 Å². The largest absolute Gasteiger partial charge is 0.370 e. The van der Waals surface area contributed by atoms with Gasteiger partial charge < -0.3 is 5.32 Å². The number of hydrogen-bond acceptors (Lipinski definition) is 3. The SMILES string of the molecule is Cc1ccc(C)c(-n2nc(-c3ccsc3)c3c2NCCCC3)c1. The molecule has 1 aromatic carbocycles. The fourth-order valence-corrected chi connectivity index (χ4v) is 3.90. The molecule has 118 valence electrons. The molecule has 2 aromatic heterocycles. The van der Waals surface area contributed by atoms with Crippen LogP contribution in [-0.4, -0.2) is 16.3 Å². The van der Waals surface area contributed by atoms with E-state index in [1.54, 1.807) is 11.3 Å². The van der Waals surface area contributed by atoms with Gasteiger partial charge in [-0.2, -0.15) is 16.4 Å². The first-order chi connectivity index (χ1) is 11.2. The second-order valence-corrected chi connectivity index (χ2v) is 7.05. The maximum Gasteiger partial charge on any atom is 0.133 e. The van der Waals surface area contributed by atoms with Gasteiger partial charge in [-0.05, 0) is 61.7 Å². The Labute approximate surface area is 141 Å². The predicted molar refractivity (Wildman–Crippen MR) is 97.8 cm³/mol. The monoisotopic (exact) mass is 323 g/mol. The number of aryl methyl sites for hydroxylation is 2. The van der Waals surface area contributed by atoms with Crippen LogP contribution in [0, 0.1) is 13.8 Å². The van der Waals surface area contributed by atoms with Gasteiger partial charge in [-0.25, -0.2) is 4.68 Å². The van der Waals surface area contributed by atoms with Crippen molar-refractivity contribution in [3.05, 3.63) is 51.7 Å². The highest BCUT2D eigenvalue weighted by molar-refractivity contribution is 7.08. The van der Waals surface area contributed by atoms with Crippen LogP contribution in [-0.2, 0) is 6.42 Å². The summed E-state index contributed by atoms with van der Waals surface area (Å²) in [7, 11) is 0. The smallest absolute Gasteiger partial charge is 0.133 e. The van der Waals surface area contributed by atoms with Gasteiger partial charge in [-0.15, -0.1) is 0 Å². The molecule has 3 heterocycles. The Morgan fingerprint density at radius 2 is 2.09 bits per heavy atom. The summed E-state index contributed by atoms with van der Waals surface area (Å²) in [5.74, 6) is 1.18. The first-order valence-electron chi connectivity index (χ1n) is 8.20. The van der Waals surface area contributed by atoms with E-state index < -0.39 is 0 Å². The number of aromatic nitrogens is 2. The van der Waals surface area contributed by atoms with Gasteiger partial charge in [0.15, 0.2) is 0 Å². The molecule has 0 unspecified atom stereocenters. The number of rotatable bonds is 2. The van der Waals surface area contributed by atoms with E-state index >= 15 is 0 Å². The molecule has 1 N–H and O–H groups in total. The van der Waals surface area contributed by atoms with E-state index in [0.29, 0.717) is 0 Å². The van der Waals surface area contributed by atoms with E-state index in [4.69, 9.17) is 5.10 Å². The highest BCUT2D eigenvalue weighted by atomic mass is 32.1. The van der Waals surface area contributed by atoms with Crippen molar-refractivity contribution in [3.8, 4) is 16.9 Å². The second-order valence-electron chi connectivity index (χ2n) is 6.27. The number of fused-ring (bicyclic) bond motifs is 1. The minimum atomic E-state index is 1.02. The first-order valence-corrected chi connectivity index (χ1v) is 9.14. The molecule has 4 rings (SSSR count). The normalized spacial score (nSPS) is 14.2. The molecule has 1 aliphatic rings. The quantitative estimate of drug-likeness (QED) is 0.722. The molecule has 4 heteroatoms. The maximum atomic E-state index is 5.01. The van der Waals surface area contributed by atoms with Gasteiger partial charge in [0, 0.05) is 23.1 Å². The van der Waals surface area contributed by atoms with Gasteiger partial charge in [-0.1, -0.05) is 12.1 Å². The van der Waals surface area contributed by atoms with E-state index in [9.17, 15) is 0 Å². The van der Waals surface area contributed by atoms with Crippen molar-refractivity contribution in [3.63, 3.8) is 0 Å². The Kier molecular flexibility index (Phi) is 3.69. The van der Waals surface area contributed by atoms with Crippen LogP contribution in [0.1, 0.15) is 29.5 Å². The third-order valence-corrected chi connectivity index (χ3v) is 5.20. The molecule has 1 aliphatic heterocycles. The summed E-state index contributed by atoms with van der Waals surface area (Å²) in [6, 6.07) is 8.74. The molecular weight excluding hydrogens is 302 g/mol. The zero-order chi connectivity index (χ0) is 15.8. The summed E-state index contributed by atoms with van der Waals surface area (Å²) in [5.41, 5.74) is 7.43. The number of nitrogens with one attached hydrogen (secondary N) is 1. The van der Waals surface area contributed by atoms with Crippen LogP contribution in [0.25, 0.3) is 16.9 Å². The van der Waals surface area contributed by atoms with Crippen LogP contribution < -0.4 is 5.32 Å². The van der Waals surface area contributed by atoms with Crippen molar-refractivity contribution in [2.45, 2.75) is 33.1 Å². The van der Waals surface area contributed by atoms with Gasteiger partial charge in [0.25, 0.3) is 0 Å². The van der Waals surface area contributed by atoms with E-state index in [-0.39, 0.29) is 0 Å². The lowest BCUT2D eigenvalue weighted by Crippen LogP contribution is -2.08. The lowest BCUT2D eigenvalue weighted by Gasteiger charge is -2.12. The van der Waals surface area contributed by atoms with E-state index in [1.807, 2.05) is 0 Å². The van der Waals surface area contributed by atoms with Crippen molar-refractivity contribution >= 4 is 17.2 Å². The molecule has 0 aliphatic carbocycles. The minimum Gasteiger partial charge on any atom is -0.370 e. The van der Waals surface area contributed by atoms with Crippen molar-refractivity contribution in [2.24, 2.45) is 0 Å². The fraction of sp³-hybridized carbons (Fsp3) is 0.316. The second kappa shape index (κ2) is 5.85. The lowest BCUT2D eigenvalue weighted by atomic mass is 10.1. The number of benzene rings is 1. The van der Waals surface area contributed by atoms with Crippen LogP contribution in [0.4, 0.5) is 5.82 Å². The third-order valence-electron chi connectivity index (χ3n) is 4.52. The molecule has 23 heavy (non-hydrogen) atoms. The first kappa shape index (κ1) is 14.5. The summed E-state index contributed by atoms with van der Waals surface area (Å²) < 4.78 is 2.12. The Balaban J connectivity index is 1.95. The molecule has 0 bridgehead atoms. The van der Waals surface area contributed by atoms with Crippen molar-refractivity contribution in [1.82, 2.24) is 9.78 Å². The summed E-state index contributed by atoms with van der Waals surface area (Å²) in [6.07, 6.45) is 3.53. The van der Waals surface area contributed by atoms with Crippen LogP contribution in [0.3, 0.4) is 0 Å². The average Bonchev–Trinajstić information content (AvgIpc) is 3.12. The van der Waals surface area contributed by atoms with E-state index in [0.717, 1.165) is 18.7 Å². The van der Waals surface area contributed by atoms with Crippen LogP contribution in [0.2, 0.25) is 0 Å². The molecule has 0 radical (unpaired) electrons. The molecule has 0 spiro atoms. The Bertz CT molecular complexity index is 831. The van der Waals surface area contributed by atoms with Gasteiger partial charge >= 0.3 is 0 Å². The Hall–Kier alpha value is -2.07. The Morgan fingerprint density at radius 1 is 1.17 bits per heavy atom. The highest BCUT2D eigenvalue weighted by Crippen LogP contribution is 2.35. The van der Waals surface area contributed by atoms with Crippen molar-refractivity contribution in [1.29, 1.82) is 0 Å². The van der Waals surface area contributed by atoms with Crippen LogP contribution in [0.5, 0.6) is 0 Å². The minimum absolute atomic E-state index is 1.02. The van der Waals surface area contributed by atoms with Crippen molar-refractivity contribution in [2.75, 3.05) is 11.9 Å². The van der Waals surface area contributed by atoms with E-state index in [1.165, 1.54) is 46.6 Å². The van der Waals surface area contributed by atoms with E-state index in [2.05, 4.69) is 58.9 Å². The van der Waals surface area contributed by atoms with Gasteiger partial charge in [0.1, 0.15) is 5.82 Å². The predicted octanol–water partition coefficient (Wildman–Crippen LogP) is 4.97. The number of hydrogen-bond donors (Lipinski definition) is 1. The summed E-state index contributed by atoms with van der Waals surface area (Å²) in [4.78, 5) is 0. The number of thiophene rings is 1. The zero-order valence-electron chi connectivity index (χ0n) is 13.6. The zero-order valence-corrected chi connectivity index (χ0v) is 14.4. The molecule has 0 saturated heterocycles. The summed E-state index contributed by atoms with van der Waals surface area (Å²) in [6.45, 7) is 5.31. The molecule has 0 saturated carbocycles. The molecule has 0 amide bonds. The summed E-state index contributed by atoms with van der Waals surface area (Å²) >= 11 is 1.73. The standard InChI is InChI=1S/C19H21N3S/c1-13-6-7-14(2)17(11-13)22-19-16(5-3-4-9-20-19)18(21-22)15-8-10-23-12-15/h6-8,10-12,20H,3-5,9H2,1-2H3. The number of nitrogens with zero attached hydrogens (tertiary/aromatic N) is 2.